The zero-order valence-electron chi connectivity index (χ0n) is 16.3. The lowest BCUT2D eigenvalue weighted by Gasteiger charge is -2.14. The molecule has 0 radical (unpaired) electrons. The van der Waals surface area contributed by atoms with Gasteiger partial charge in [0.1, 0.15) is 5.82 Å². The first-order valence-corrected chi connectivity index (χ1v) is 9.04. The minimum absolute atomic E-state index is 0.603. The molecular formula is C21H26N6. The molecule has 0 bridgehead atoms. The summed E-state index contributed by atoms with van der Waals surface area (Å²) >= 11 is 0. The molecule has 0 aliphatic rings. The van der Waals surface area contributed by atoms with Gasteiger partial charge < -0.3 is 15.5 Å². The average molecular weight is 362 g/mol. The summed E-state index contributed by atoms with van der Waals surface area (Å²) in [4.78, 5) is 15.6. The molecule has 140 valence electrons. The molecule has 0 atom stereocenters. The van der Waals surface area contributed by atoms with E-state index in [0.29, 0.717) is 5.95 Å². The lowest BCUT2D eigenvalue weighted by atomic mass is 10.1. The number of rotatable bonds is 7. The van der Waals surface area contributed by atoms with Crippen LogP contribution >= 0.6 is 0 Å². The van der Waals surface area contributed by atoms with Crippen LogP contribution in [0.25, 0.3) is 11.3 Å². The van der Waals surface area contributed by atoms with Gasteiger partial charge in [-0.3, -0.25) is 4.98 Å². The van der Waals surface area contributed by atoms with Crippen LogP contribution in [0.2, 0.25) is 0 Å². The second kappa shape index (κ2) is 8.60. The summed E-state index contributed by atoms with van der Waals surface area (Å²) in [5, 5.41) is 6.75. The van der Waals surface area contributed by atoms with Gasteiger partial charge in [-0.25, -0.2) is 4.98 Å². The van der Waals surface area contributed by atoms with Crippen molar-refractivity contribution < 1.29 is 0 Å². The molecule has 6 nitrogen and oxygen atoms in total. The largest absolute Gasteiger partial charge is 0.353 e. The maximum atomic E-state index is 4.66. The van der Waals surface area contributed by atoms with E-state index in [2.05, 4.69) is 56.5 Å². The van der Waals surface area contributed by atoms with Crippen molar-refractivity contribution in [3.8, 4) is 11.3 Å². The van der Waals surface area contributed by atoms with Gasteiger partial charge in [0.05, 0.1) is 5.69 Å². The average Bonchev–Trinajstić information content (AvgIpc) is 2.66. The second-order valence-corrected chi connectivity index (χ2v) is 6.81. The van der Waals surface area contributed by atoms with Gasteiger partial charge >= 0.3 is 0 Å². The third-order valence-electron chi connectivity index (χ3n) is 4.39. The Kier molecular flexibility index (Phi) is 5.98. The maximum Gasteiger partial charge on any atom is 0.225 e. The molecule has 2 heterocycles. The minimum atomic E-state index is 0.603. The normalized spacial score (nSPS) is 10.9. The zero-order chi connectivity index (χ0) is 19.2. The minimum Gasteiger partial charge on any atom is -0.353 e. The predicted molar refractivity (Wildman–Crippen MR) is 112 cm³/mol. The van der Waals surface area contributed by atoms with E-state index in [9.17, 15) is 0 Å². The number of anilines is 3. The SMILES string of the molecule is Cc1cccc(Nc2cc(-c3cccnc3)nc(NCCN(C)C)n2)c1C. The summed E-state index contributed by atoms with van der Waals surface area (Å²) in [7, 11) is 4.09. The van der Waals surface area contributed by atoms with Gasteiger partial charge in [0.15, 0.2) is 0 Å². The Balaban J connectivity index is 1.92. The highest BCUT2D eigenvalue weighted by Crippen LogP contribution is 2.25. The van der Waals surface area contributed by atoms with E-state index in [1.54, 1.807) is 6.20 Å². The topological polar surface area (TPSA) is 66.0 Å². The smallest absolute Gasteiger partial charge is 0.225 e. The van der Waals surface area contributed by atoms with Crippen LogP contribution in [-0.2, 0) is 0 Å². The van der Waals surface area contributed by atoms with Crippen molar-refractivity contribution in [1.29, 1.82) is 0 Å². The lowest BCUT2D eigenvalue weighted by molar-refractivity contribution is 0.425. The molecule has 0 saturated carbocycles. The molecule has 0 saturated heterocycles. The van der Waals surface area contributed by atoms with E-state index in [-0.39, 0.29) is 0 Å². The van der Waals surface area contributed by atoms with Crippen molar-refractivity contribution >= 4 is 17.5 Å². The van der Waals surface area contributed by atoms with E-state index < -0.39 is 0 Å². The number of benzene rings is 1. The van der Waals surface area contributed by atoms with Gasteiger partial charge in [-0.2, -0.15) is 4.98 Å². The monoisotopic (exact) mass is 362 g/mol. The van der Waals surface area contributed by atoms with Crippen molar-refractivity contribution in [3.05, 3.63) is 59.9 Å². The highest BCUT2D eigenvalue weighted by atomic mass is 15.2. The molecule has 3 rings (SSSR count). The number of pyridine rings is 1. The van der Waals surface area contributed by atoms with Gasteiger partial charge in [0.25, 0.3) is 0 Å². The van der Waals surface area contributed by atoms with Crippen molar-refractivity contribution in [2.75, 3.05) is 37.8 Å². The summed E-state index contributed by atoms with van der Waals surface area (Å²) in [5.41, 5.74) is 5.29. The summed E-state index contributed by atoms with van der Waals surface area (Å²) < 4.78 is 0. The van der Waals surface area contributed by atoms with Gasteiger partial charge in [-0.1, -0.05) is 12.1 Å². The number of aryl methyl sites for hydroxylation is 1. The maximum absolute atomic E-state index is 4.66. The van der Waals surface area contributed by atoms with Gasteiger partial charge in [-0.05, 0) is 57.3 Å². The Morgan fingerprint density at radius 1 is 1.04 bits per heavy atom. The predicted octanol–water partition coefficient (Wildman–Crippen LogP) is 3.87. The van der Waals surface area contributed by atoms with E-state index in [4.69, 9.17) is 0 Å². The molecule has 3 aromatic rings. The van der Waals surface area contributed by atoms with Crippen LogP contribution in [-0.4, -0.2) is 47.0 Å². The Labute approximate surface area is 160 Å². The molecular weight excluding hydrogens is 336 g/mol. The third kappa shape index (κ3) is 5.01. The molecule has 1 aromatic carbocycles. The van der Waals surface area contributed by atoms with E-state index >= 15 is 0 Å². The molecule has 0 unspecified atom stereocenters. The molecule has 0 fully saturated rings. The number of hydrogen-bond acceptors (Lipinski definition) is 6. The van der Waals surface area contributed by atoms with Crippen molar-refractivity contribution in [1.82, 2.24) is 19.9 Å². The van der Waals surface area contributed by atoms with Crippen LogP contribution in [0, 0.1) is 13.8 Å². The number of hydrogen-bond donors (Lipinski definition) is 2. The lowest BCUT2D eigenvalue weighted by Crippen LogP contribution is -2.21. The Bertz CT molecular complexity index is 892. The van der Waals surface area contributed by atoms with Crippen molar-refractivity contribution in [2.45, 2.75) is 13.8 Å². The van der Waals surface area contributed by atoms with E-state index in [1.807, 2.05) is 44.6 Å². The Morgan fingerprint density at radius 2 is 1.89 bits per heavy atom. The number of nitrogens with zero attached hydrogens (tertiary/aromatic N) is 4. The fourth-order valence-corrected chi connectivity index (χ4v) is 2.67. The molecule has 6 heteroatoms. The number of likely N-dealkylation sites (N-methyl/N-ethyl adjacent to an activating group) is 1. The van der Waals surface area contributed by atoms with Crippen LogP contribution in [0.15, 0.2) is 48.8 Å². The summed E-state index contributed by atoms with van der Waals surface area (Å²) in [6.45, 7) is 5.89. The zero-order valence-corrected chi connectivity index (χ0v) is 16.3. The van der Waals surface area contributed by atoms with Gasteiger partial charge in [0.2, 0.25) is 5.95 Å². The molecule has 0 amide bonds. The van der Waals surface area contributed by atoms with Crippen LogP contribution < -0.4 is 10.6 Å². The molecule has 0 aliphatic heterocycles. The quantitative estimate of drug-likeness (QED) is 0.665. The first kappa shape index (κ1) is 18.8. The standard InChI is InChI=1S/C21H26N6/c1-15-7-5-9-18(16(15)2)24-20-13-19(17-8-6-10-22-14-17)25-21(26-20)23-11-12-27(3)4/h5-10,13-14H,11-12H2,1-4H3,(H2,23,24,25,26). The van der Waals surface area contributed by atoms with Gasteiger partial charge in [-0.15, -0.1) is 0 Å². The van der Waals surface area contributed by atoms with E-state index in [1.165, 1.54) is 11.1 Å². The summed E-state index contributed by atoms with van der Waals surface area (Å²) in [6, 6.07) is 12.1. The first-order chi connectivity index (χ1) is 13.0. The molecule has 2 aromatic heterocycles. The van der Waals surface area contributed by atoms with Crippen LogP contribution in [0.5, 0.6) is 0 Å². The molecule has 0 spiro atoms. The molecule has 27 heavy (non-hydrogen) atoms. The highest BCUT2D eigenvalue weighted by molar-refractivity contribution is 5.68. The molecule has 0 aliphatic carbocycles. The third-order valence-corrected chi connectivity index (χ3v) is 4.39. The first-order valence-electron chi connectivity index (χ1n) is 9.04. The molecule has 2 N–H and O–H groups in total. The fourth-order valence-electron chi connectivity index (χ4n) is 2.67. The summed E-state index contributed by atoms with van der Waals surface area (Å²) in [6.07, 6.45) is 3.57. The Hall–Kier alpha value is -2.99. The second-order valence-electron chi connectivity index (χ2n) is 6.81. The highest BCUT2D eigenvalue weighted by Gasteiger charge is 2.09. The number of aromatic nitrogens is 3. The van der Waals surface area contributed by atoms with Crippen molar-refractivity contribution in [3.63, 3.8) is 0 Å². The number of nitrogens with one attached hydrogen (secondary N) is 2. The Morgan fingerprint density at radius 3 is 2.63 bits per heavy atom. The van der Waals surface area contributed by atoms with Crippen LogP contribution in [0.1, 0.15) is 11.1 Å². The summed E-state index contributed by atoms with van der Waals surface area (Å²) in [5.74, 6) is 1.36. The van der Waals surface area contributed by atoms with Crippen LogP contribution in [0.3, 0.4) is 0 Å². The fraction of sp³-hybridized carbons (Fsp3) is 0.286. The van der Waals surface area contributed by atoms with Crippen molar-refractivity contribution in [2.24, 2.45) is 0 Å². The van der Waals surface area contributed by atoms with Gasteiger partial charge in [0, 0.05) is 42.8 Å². The van der Waals surface area contributed by atoms with E-state index in [0.717, 1.165) is 35.9 Å². The van der Waals surface area contributed by atoms with Crippen LogP contribution in [0.4, 0.5) is 17.5 Å².